The first-order valence-corrected chi connectivity index (χ1v) is 10.6. The van der Waals surface area contributed by atoms with Crippen LogP contribution in [0.4, 0.5) is 5.69 Å². The van der Waals surface area contributed by atoms with Crippen molar-refractivity contribution in [1.82, 2.24) is 4.90 Å². The minimum atomic E-state index is -0.671. The van der Waals surface area contributed by atoms with E-state index in [1.54, 1.807) is 7.11 Å². The van der Waals surface area contributed by atoms with E-state index < -0.39 is 23.3 Å². The second-order valence-electron chi connectivity index (χ2n) is 8.89. The van der Waals surface area contributed by atoms with Crippen LogP contribution < -0.4 is 4.90 Å². The van der Waals surface area contributed by atoms with Gasteiger partial charge in [-0.05, 0) is 23.8 Å². The van der Waals surface area contributed by atoms with E-state index in [2.05, 4.69) is 15.9 Å². The lowest BCUT2D eigenvalue weighted by Gasteiger charge is -2.38. The number of likely N-dealkylation sites (tertiary alicyclic amines) is 1. The summed E-state index contributed by atoms with van der Waals surface area (Å²) in [4.78, 5) is 43.3. The zero-order chi connectivity index (χ0) is 21.1. The van der Waals surface area contributed by atoms with E-state index in [1.807, 2.05) is 56.0 Å². The Morgan fingerprint density at radius 3 is 2.52 bits per heavy atom. The van der Waals surface area contributed by atoms with Crippen molar-refractivity contribution in [3.63, 3.8) is 0 Å². The number of benzene rings is 1. The van der Waals surface area contributed by atoms with Gasteiger partial charge in [0, 0.05) is 22.7 Å². The minimum absolute atomic E-state index is 0.0195. The number of Topliss-reactive ketones (excluding diaryl/α,β-unsaturated/α-hetero) is 1. The summed E-state index contributed by atoms with van der Waals surface area (Å²) < 4.78 is 6.01. The number of rotatable bonds is 4. The quantitative estimate of drug-likeness (QED) is 0.646. The van der Waals surface area contributed by atoms with Crippen molar-refractivity contribution in [1.29, 1.82) is 0 Å². The van der Waals surface area contributed by atoms with Gasteiger partial charge in [-0.1, -0.05) is 48.9 Å². The Hall–Kier alpha value is -1.99. The van der Waals surface area contributed by atoms with Crippen molar-refractivity contribution in [2.45, 2.75) is 32.9 Å². The van der Waals surface area contributed by atoms with Crippen molar-refractivity contribution in [2.24, 2.45) is 17.3 Å². The molecule has 1 aromatic carbocycles. The Bertz CT molecular complexity index is 920. The van der Waals surface area contributed by atoms with Crippen LogP contribution in [0.5, 0.6) is 0 Å². The number of nitrogens with zero attached hydrogens (tertiary/aromatic N) is 2. The molecule has 0 unspecified atom stereocenters. The standard InChI is InChI=1S/C22H25BrN2O4/c1-22(2,3)19(26)18-17-16(20(27)24(21(17)28)9-10-29-4)15-7-5-12-11-13(23)6-8-14(12)25(15)18/h5-8,11,15-18H,9-10H2,1-4H3/t15-,16+,17+,18-/m1/s1. The Balaban J connectivity index is 1.83. The molecular weight excluding hydrogens is 436 g/mol. The summed E-state index contributed by atoms with van der Waals surface area (Å²) in [5.41, 5.74) is 1.23. The molecule has 7 heteroatoms. The average Bonchev–Trinajstić information content (AvgIpc) is 3.12. The summed E-state index contributed by atoms with van der Waals surface area (Å²) in [6.07, 6.45) is 3.95. The molecule has 2 fully saturated rings. The predicted octanol–water partition coefficient (Wildman–Crippen LogP) is 2.90. The SMILES string of the molecule is COCCN1C(=O)[C@@H]2[C@H](C1=O)[C@H](C(=O)C(C)(C)C)N1c3ccc(Br)cc3C=C[C@H]21. The normalized spacial score (nSPS) is 27.9. The lowest BCUT2D eigenvalue weighted by atomic mass is 9.79. The van der Waals surface area contributed by atoms with Gasteiger partial charge in [-0.3, -0.25) is 19.3 Å². The number of anilines is 1. The van der Waals surface area contributed by atoms with Crippen LogP contribution in [0.3, 0.4) is 0 Å². The maximum Gasteiger partial charge on any atom is 0.235 e. The molecule has 0 aliphatic carbocycles. The Morgan fingerprint density at radius 2 is 1.86 bits per heavy atom. The number of imide groups is 1. The van der Waals surface area contributed by atoms with Crippen LogP contribution in [0.15, 0.2) is 28.7 Å². The predicted molar refractivity (Wildman–Crippen MR) is 113 cm³/mol. The van der Waals surface area contributed by atoms with Crippen molar-refractivity contribution in [3.8, 4) is 0 Å². The fourth-order valence-corrected chi connectivity index (χ4v) is 5.13. The lowest BCUT2D eigenvalue weighted by molar-refractivity contribution is -0.142. The number of hydrogen-bond acceptors (Lipinski definition) is 5. The monoisotopic (exact) mass is 460 g/mol. The van der Waals surface area contributed by atoms with Gasteiger partial charge in [-0.2, -0.15) is 0 Å². The van der Waals surface area contributed by atoms with Crippen LogP contribution in [0, 0.1) is 17.3 Å². The van der Waals surface area contributed by atoms with E-state index in [0.717, 1.165) is 15.7 Å². The van der Waals surface area contributed by atoms with Crippen LogP contribution in [-0.2, 0) is 19.1 Å². The van der Waals surface area contributed by atoms with E-state index in [4.69, 9.17) is 4.74 Å². The molecule has 154 valence electrons. The maximum absolute atomic E-state index is 13.5. The summed E-state index contributed by atoms with van der Waals surface area (Å²) >= 11 is 3.49. The number of fused-ring (bicyclic) bond motifs is 5. The first kappa shape index (κ1) is 20.3. The summed E-state index contributed by atoms with van der Waals surface area (Å²) in [5.74, 6) is -1.71. The number of amides is 2. The van der Waals surface area contributed by atoms with Crippen molar-refractivity contribution >= 4 is 45.3 Å². The first-order valence-electron chi connectivity index (χ1n) is 9.81. The first-order chi connectivity index (χ1) is 13.7. The molecule has 0 N–H and O–H groups in total. The fourth-order valence-electron chi connectivity index (χ4n) is 4.75. The summed E-state index contributed by atoms with van der Waals surface area (Å²) in [6, 6.07) is 4.89. The number of carbonyl (C=O) groups excluding carboxylic acids is 3. The zero-order valence-electron chi connectivity index (χ0n) is 17.0. The van der Waals surface area contributed by atoms with Gasteiger partial charge in [0.15, 0.2) is 5.78 Å². The smallest absolute Gasteiger partial charge is 0.235 e. The summed E-state index contributed by atoms with van der Waals surface area (Å²) in [5, 5.41) is 0. The molecule has 2 amide bonds. The average molecular weight is 461 g/mol. The number of halogens is 1. The van der Waals surface area contributed by atoms with Gasteiger partial charge in [0.05, 0.1) is 31.0 Å². The largest absolute Gasteiger partial charge is 0.383 e. The number of carbonyl (C=O) groups is 3. The molecule has 0 spiro atoms. The molecule has 0 aromatic heterocycles. The molecule has 4 atom stereocenters. The van der Waals surface area contributed by atoms with Crippen molar-refractivity contribution in [2.75, 3.05) is 25.2 Å². The number of hydrogen-bond donors (Lipinski definition) is 0. The molecule has 4 rings (SSSR count). The van der Waals surface area contributed by atoms with Gasteiger partial charge in [-0.25, -0.2) is 0 Å². The molecule has 0 bridgehead atoms. The molecule has 3 aliphatic rings. The molecule has 3 heterocycles. The molecule has 6 nitrogen and oxygen atoms in total. The molecular formula is C22H25BrN2O4. The van der Waals surface area contributed by atoms with E-state index >= 15 is 0 Å². The highest BCUT2D eigenvalue weighted by Gasteiger charge is 2.64. The summed E-state index contributed by atoms with van der Waals surface area (Å²) in [7, 11) is 1.54. The third-order valence-corrected chi connectivity index (χ3v) is 6.58. The topological polar surface area (TPSA) is 66.9 Å². The van der Waals surface area contributed by atoms with E-state index in [0.29, 0.717) is 0 Å². The third kappa shape index (κ3) is 3.06. The highest BCUT2D eigenvalue weighted by atomic mass is 79.9. The highest BCUT2D eigenvalue weighted by Crippen LogP contribution is 2.50. The number of ether oxygens (including phenoxy) is 1. The Morgan fingerprint density at radius 1 is 1.17 bits per heavy atom. The maximum atomic E-state index is 13.5. The van der Waals surface area contributed by atoms with E-state index in [1.165, 1.54) is 4.90 Å². The van der Waals surface area contributed by atoms with E-state index in [-0.39, 0.29) is 36.8 Å². The van der Waals surface area contributed by atoms with Crippen LogP contribution in [0.2, 0.25) is 0 Å². The van der Waals surface area contributed by atoms with Crippen molar-refractivity contribution < 1.29 is 19.1 Å². The Labute approximate surface area is 179 Å². The van der Waals surface area contributed by atoms with Gasteiger partial charge in [0.2, 0.25) is 11.8 Å². The van der Waals surface area contributed by atoms with Crippen LogP contribution in [0.1, 0.15) is 26.3 Å². The fraction of sp³-hybridized carbons (Fsp3) is 0.500. The van der Waals surface area contributed by atoms with E-state index in [9.17, 15) is 14.4 Å². The molecule has 3 aliphatic heterocycles. The van der Waals surface area contributed by atoms with Crippen LogP contribution in [0.25, 0.3) is 6.08 Å². The van der Waals surface area contributed by atoms with Crippen molar-refractivity contribution in [3.05, 3.63) is 34.3 Å². The molecule has 29 heavy (non-hydrogen) atoms. The molecule has 2 saturated heterocycles. The van der Waals surface area contributed by atoms with Crippen LogP contribution in [-0.4, -0.2) is 54.8 Å². The second kappa shape index (κ2) is 7.06. The minimum Gasteiger partial charge on any atom is -0.383 e. The van der Waals surface area contributed by atoms with Gasteiger partial charge < -0.3 is 9.64 Å². The number of methoxy groups -OCH3 is 1. The second-order valence-corrected chi connectivity index (χ2v) is 9.81. The summed E-state index contributed by atoms with van der Waals surface area (Å²) in [6.45, 7) is 6.10. The lowest BCUT2D eigenvalue weighted by Crippen LogP contribution is -2.51. The highest BCUT2D eigenvalue weighted by molar-refractivity contribution is 9.10. The van der Waals surface area contributed by atoms with Gasteiger partial charge in [0.25, 0.3) is 0 Å². The Kier molecular flexibility index (Phi) is 4.94. The van der Waals surface area contributed by atoms with Gasteiger partial charge >= 0.3 is 0 Å². The zero-order valence-corrected chi connectivity index (χ0v) is 18.6. The van der Waals surface area contributed by atoms with Crippen LogP contribution >= 0.6 is 15.9 Å². The number of ketones is 1. The van der Waals surface area contributed by atoms with Gasteiger partial charge in [-0.15, -0.1) is 0 Å². The molecule has 1 aromatic rings. The molecule has 0 radical (unpaired) electrons. The van der Waals surface area contributed by atoms with Gasteiger partial charge in [0.1, 0.15) is 6.04 Å². The molecule has 0 saturated carbocycles. The third-order valence-electron chi connectivity index (χ3n) is 6.09.